The number of phenols is 1. The fourth-order valence-electron chi connectivity index (χ4n) is 4.78. The van der Waals surface area contributed by atoms with E-state index in [0.717, 1.165) is 57.8 Å². The number of carbonyl (C=O) groups is 3. The third-order valence-corrected chi connectivity index (χ3v) is 6.65. The van der Waals surface area contributed by atoms with Gasteiger partial charge in [-0.3, -0.25) is 9.59 Å². The molecule has 2 unspecified atom stereocenters. The highest BCUT2D eigenvalue weighted by Crippen LogP contribution is 2.27. The van der Waals surface area contributed by atoms with Crippen molar-refractivity contribution >= 4 is 17.9 Å². The van der Waals surface area contributed by atoms with Crippen LogP contribution in [0, 0.1) is 0 Å². The summed E-state index contributed by atoms with van der Waals surface area (Å²) < 4.78 is 5.29. The number of benzene rings is 1. The molecule has 0 aromatic heterocycles. The first-order valence-electron chi connectivity index (χ1n) is 14.1. The summed E-state index contributed by atoms with van der Waals surface area (Å²) >= 11 is 0. The Morgan fingerprint density at radius 1 is 1.08 bits per heavy atom. The molecular formula is C29H47N3O6. The smallest absolute Gasteiger partial charge is 0.408 e. The standard InChI is InChI=1S/C29H47N3O6/c1-5-6-7-8-12-18-32(27(36)24(20-33)31-28(37)38-29(2,3)4)25(21-14-13-17-23(34)19-21)26(35)30-22-15-10-9-11-16-22/h13-14,17,19,22,24-25,33-34H,5-12,15-16,18,20H2,1-4H3,(H,30,35)(H,31,37). The first-order valence-corrected chi connectivity index (χ1v) is 14.1. The number of hydrogen-bond acceptors (Lipinski definition) is 6. The van der Waals surface area contributed by atoms with E-state index in [9.17, 15) is 24.6 Å². The number of aliphatic hydroxyl groups is 1. The Labute approximate surface area is 227 Å². The number of ether oxygens (including phenoxy) is 1. The number of rotatable bonds is 13. The van der Waals surface area contributed by atoms with Gasteiger partial charge in [0.1, 0.15) is 23.4 Å². The number of amides is 3. The zero-order valence-electron chi connectivity index (χ0n) is 23.5. The number of aromatic hydroxyl groups is 1. The van der Waals surface area contributed by atoms with Crippen molar-refractivity contribution in [3.8, 4) is 5.75 Å². The van der Waals surface area contributed by atoms with Gasteiger partial charge in [0.25, 0.3) is 0 Å². The molecule has 1 aromatic carbocycles. The number of nitrogens with zero attached hydrogens (tertiary/aromatic N) is 1. The van der Waals surface area contributed by atoms with E-state index in [1.54, 1.807) is 32.9 Å². The number of aliphatic hydroxyl groups excluding tert-OH is 1. The minimum absolute atomic E-state index is 0.0149. The molecule has 1 fully saturated rings. The summed E-state index contributed by atoms with van der Waals surface area (Å²) in [5, 5.41) is 25.9. The van der Waals surface area contributed by atoms with Crippen LogP contribution in [0.5, 0.6) is 5.75 Å². The number of unbranched alkanes of at least 4 members (excludes halogenated alkanes) is 4. The highest BCUT2D eigenvalue weighted by Gasteiger charge is 2.36. The molecule has 4 N–H and O–H groups in total. The molecule has 9 heteroatoms. The van der Waals surface area contributed by atoms with E-state index in [2.05, 4.69) is 17.6 Å². The van der Waals surface area contributed by atoms with Gasteiger partial charge in [-0.25, -0.2) is 4.79 Å². The fraction of sp³-hybridized carbons (Fsp3) is 0.690. The molecule has 1 aliphatic rings. The molecule has 9 nitrogen and oxygen atoms in total. The van der Waals surface area contributed by atoms with Crippen molar-refractivity contribution in [1.29, 1.82) is 0 Å². The fourth-order valence-corrected chi connectivity index (χ4v) is 4.78. The first-order chi connectivity index (χ1) is 18.1. The lowest BCUT2D eigenvalue weighted by Gasteiger charge is -2.35. The zero-order chi connectivity index (χ0) is 28.1. The van der Waals surface area contributed by atoms with Gasteiger partial charge in [-0.1, -0.05) is 64.0 Å². The van der Waals surface area contributed by atoms with Gasteiger partial charge in [0.05, 0.1) is 6.61 Å². The number of phenolic OH excluding ortho intramolecular Hbond substituents is 1. The Kier molecular flexibility index (Phi) is 12.9. The summed E-state index contributed by atoms with van der Waals surface area (Å²) in [6.45, 7) is 6.85. The van der Waals surface area contributed by atoms with E-state index < -0.39 is 36.3 Å². The number of hydrogen-bond donors (Lipinski definition) is 4. The van der Waals surface area contributed by atoms with Crippen LogP contribution in [-0.2, 0) is 14.3 Å². The minimum Gasteiger partial charge on any atom is -0.508 e. The van der Waals surface area contributed by atoms with Crippen LogP contribution in [0.1, 0.15) is 104 Å². The second kappa shape index (κ2) is 15.6. The first kappa shape index (κ1) is 31.4. The topological polar surface area (TPSA) is 128 Å². The molecular weight excluding hydrogens is 486 g/mol. The summed E-state index contributed by atoms with van der Waals surface area (Å²) in [4.78, 5) is 41.5. The van der Waals surface area contributed by atoms with Crippen molar-refractivity contribution in [3.63, 3.8) is 0 Å². The molecule has 2 atom stereocenters. The minimum atomic E-state index is -1.29. The molecule has 0 aliphatic heterocycles. The van der Waals surface area contributed by atoms with Gasteiger partial charge >= 0.3 is 6.09 Å². The molecule has 1 aliphatic carbocycles. The van der Waals surface area contributed by atoms with Crippen LogP contribution in [0.25, 0.3) is 0 Å². The second-order valence-electron chi connectivity index (χ2n) is 11.2. The molecule has 1 aromatic rings. The zero-order valence-corrected chi connectivity index (χ0v) is 23.5. The van der Waals surface area contributed by atoms with Crippen molar-refractivity contribution in [3.05, 3.63) is 29.8 Å². The van der Waals surface area contributed by atoms with E-state index in [4.69, 9.17) is 4.74 Å². The summed E-state index contributed by atoms with van der Waals surface area (Å²) in [5.74, 6) is -0.932. The third-order valence-electron chi connectivity index (χ3n) is 6.65. The SMILES string of the molecule is CCCCCCCN(C(=O)C(CO)NC(=O)OC(C)(C)C)C(C(=O)NC1CCCCC1)c1cccc(O)c1. The lowest BCUT2D eigenvalue weighted by molar-refractivity contribution is -0.143. The molecule has 1 saturated carbocycles. The number of alkyl carbamates (subject to hydrolysis) is 1. The van der Waals surface area contributed by atoms with Gasteiger partial charge in [0, 0.05) is 12.6 Å². The van der Waals surface area contributed by atoms with E-state index in [0.29, 0.717) is 12.0 Å². The quantitative estimate of drug-likeness (QED) is 0.275. The average molecular weight is 534 g/mol. The van der Waals surface area contributed by atoms with Crippen LogP contribution in [0.2, 0.25) is 0 Å². The lowest BCUT2D eigenvalue weighted by atomic mass is 9.94. The van der Waals surface area contributed by atoms with Gasteiger partial charge in [-0.15, -0.1) is 0 Å². The van der Waals surface area contributed by atoms with Gasteiger partial charge in [-0.2, -0.15) is 0 Å². The van der Waals surface area contributed by atoms with Crippen LogP contribution >= 0.6 is 0 Å². The predicted octanol–water partition coefficient (Wildman–Crippen LogP) is 4.57. The summed E-state index contributed by atoms with van der Waals surface area (Å²) in [5.41, 5.74) is -0.315. The maximum Gasteiger partial charge on any atom is 0.408 e. The molecule has 0 bridgehead atoms. The molecule has 214 valence electrons. The average Bonchev–Trinajstić information content (AvgIpc) is 2.85. The largest absolute Gasteiger partial charge is 0.508 e. The molecule has 3 amide bonds. The molecule has 0 saturated heterocycles. The second-order valence-corrected chi connectivity index (χ2v) is 11.2. The van der Waals surface area contributed by atoms with Crippen molar-refractivity contribution < 1.29 is 29.3 Å². The van der Waals surface area contributed by atoms with E-state index in [-0.39, 0.29) is 24.2 Å². The van der Waals surface area contributed by atoms with Crippen molar-refractivity contribution in [1.82, 2.24) is 15.5 Å². The van der Waals surface area contributed by atoms with Crippen LogP contribution < -0.4 is 10.6 Å². The van der Waals surface area contributed by atoms with E-state index in [1.165, 1.54) is 17.0 Å². The molecule has 0 spiro atoms. The molecule has 38 heavy (non-hydrogen) atoms. The third kappa shape index (κ3) is 10.5. The predicted molar refractivity (Wildman–Crippen MR) is 147 cm³/mol. The monoisotopic (exact) mass is 533 g/mol. The highest BCUT2D eigenvalue weighted by molar-refractivity contribution is 5.92. The number of nitrogens with one attached hydrogen (secondary N) is 2. The van der Waals surface area contributed by atoms with Crippen molar-refractivity contribution in [2.75, 3.05) is 13.2 Å². The van der Waals surface area contributed by atoms with Crippen LogP contribution in [0.4, 0.5) is 4.79 Å². The van der Waals surface area contributed by atoms with Gasteiger partial charge in [0.2, 0.25) is 11.8 Å². The van der Waals surface area contributed by atoms with Gasteiger partial charge < -0.3 is 30.5 Å². The van der Waals surface area contributed by atoms with E-state index in [1.807, 2.05) is 0 Å². The summed E-state index contributed by atoms with van der Waals surface area (Å²) in [6.07, 6.45) is 8.82. The lowest BCUT2D eigenvalue weighted by Crippen LogP contribution is -2.55. The molecule has 0 radical (unpaired) electrons. The Bertz CT molecular complexity index is 895. The summed E-state index contributed by atoms with van der Waals surface area (Å²) in [6, 6.07) is 4.04. The van der Waals surface area contributed by atoms with Crippen molar-refractivity contribution in [2.24, 2.45) is 0 Å². The Morgan fingerprint density at radius 2 is 1.76 bits per heavy atom. The van der Waals surface area contributed by atoms with Crippen LogP contribution in [0.15, 0.2) is 24.3 Å². The van der Waals surface area contributed by atoms with Crippen LogP contribution in [-0.4, -0.2) is 63.9 Å². The molecule has 0 heterocycles. The van der Waals surface area contributed by atoms with Crippen molar-refractivity contribution in [2.45, 2.75) is 116 Å². The normalized spacial score (nSPS) is 15.8. The Balaban J connectivity index is 2.38. The highest BCUT2D eigenvalue weighted by atomic mass is 16.6. The number of carbonyl (C=O) groups excluding carboxylic acids is 3. The van der Waals surface area contributed by atoms with Gasteiger partial charge in [0.15, 0.2) is 0 Å². The van der Waals surface area contributed by atoms with Crippen LogP contribution in [0.3, 0.4) is 0 Å². The Hall–Kier alpha value is -2.81. The van der Waals surface area contributed by atoms with Gasteiger partial charge in [-0.05, 0) is 57.7 Å². The maximum atomic E-state index is 13.8. The van der Waals surface area contributed by atoms with E-state index >= 15 is 0 Å². The maximum absolute atomic E-state index is 13.8. The molecule has 2 rings (SSSR count). The summed E-state index contributed by atoms with van der Waals surface area (Å²) in [7, 11) is 0. The Morgan fingerprint density at radius 3 is 2.37 bits per heavy atom.